The van der Waals surface area contributed by atoms with E-state index < -0.39 is 0 Å². The summed E-state index contributed by atoms with van der Waals surface area (Å²) in [5.41, 5.74) is 1.99. The average molecular weight is 300 g/mol. The maximum Gasteiger partial charge on any atom is 0.134 e. The molecule has 0 radical (unpaired) electrons. The third-order valence-electron chi connectivity index (χ3n) is 2.67. The fourth-order valence-electron chi connectivity index (χ4n) is 1.68. The van der Waals surface area contributed by atoms with Gasteiger partial charge in [0.05, 0.1) is 24.3 Å². The summed E-state index contributed by atoms with van der Waals surface area (Å²) in [6, 6.07) is 7.83. The second-order valence-electron chi connectivity index (χ2n) is 4.15. The molecule has 4 nitrogen and oxygen atoms in total. The Labute approximate surface area is 128 Å². The molecular formula is C16H16N2O2S. The highest BCUT2D eigenvalue weighted by molar-refractivity contribution is 7.98. The zero-order valence-electron chi connectivity index (χ0n) is 11.7. The third kappa shape index (κ3) is 4.78. The second kappa shape index (κ2) is 8.30. The summed E-state index contributed by atoms with van der Waals surface area (Å²) in [5, 5.41) is 9.73. The number of aliphatic hydroxyl groups excluding tert-OH is 1. The van der Waals surface area contributed by atoms with E-state index in [4.69, 9.17) is 9.84 Å². The monoisotopic (exact) mass is 300 g/mol. The topological polar surface area (TPSA) is 55.2 Å². The molecule has 0 fully saturated rings. The van der Waals surface area contributed by atoms with Crippen molar-refractivity contribution in [1.29, 1.82) is 0 Å². The number of hydrogen-bond acceptors (Lipinski definition) is 5. The lowest BCUT2D eigenvalue weighted by Gasteiger charge is -2.06. The van der Waals surface area contributed by atoms with E-state index in [0.717, 1.165) is 27.7 Å². The van der Waals surface area contributed by atoms with Gasteiger partial charge in [0.2, 0.25) is 0 Å². The van der Waals surface area contributed by atoms with Gasteiger partial charge in [0, 0.05) is 18.4 Å². The van der Waals surface area contributed by atoms with Crippen LogP contribution in [0.15, 0.2) is 41.8 Å². The summed E-state index contributed by atoms with van der Waals surface area (Å²) in [6.07, 6.45) is 3.74. The van der Waals surface area contributed by atoms with Gasteiger partial charge in [-0.15, -0.1) is 11.8 Å². The minimum Gasteiger partial charge on any atom is -0.495 e. The number of aromatic nitrogens is 2. The van der Waals surface area contributed by atoms with Crippen molar-refractivity contribution in [2.75, 3.05) is 13.7 Å². The normalized spacial score (nSPS) is 9.81. The van der Waals surface area contributed by atoms with Crippen LogP contribution in [0.25, 0.3) is 0 Å². The smallest absolute Gasteiger partial charge is 0.134 e. The molecule has 0 aliphatic carbocycles. The molecule has 5 heteroatoms. The minimum atomic E-state index is 0.0680. The van der Waals surface area contributed by atoms with E-state index in [2.05, 4.69) is 21.8 Å². The Morgan fingerprint density at radius 2 is 2.24 bits per heavy atom. The van der Waals surface area contributed by atoms with Gasteiger partial charge in [-0.1, -0.05) is 17.9 Å². The predicted octanol–water partition coefficient (Wildman–Crippen LogP) is 2.51. The minimum absolute atomic E-state index is 0.0680. The Balaban J connectivity index is 2.10. The van der Waals surface area contributed by atoms with E-state index in [1.165, 1.54) is 0 Å². The van der Waals surface area contributed by atoms with Crippen LogP contribution in [-0.4, -0.2) is 28.8 Å². The zero-order valence-corrected chi connectivity index (χ0v) is 12.6. The molecule has 0 amide bonds. The number of rotatable bonds is 5. The van der Waals surface area contributed by atoms with Gasteiger partial charge in [-0.05, 0) is 23.8 Å². The van der Waals surface area contributed by atoms with Crippen molar-refractivity contribution in [2.24, 2.45) is 0 Å². The molecule has 0 saturated heterocycles. The molecule has 0 aliphatic rings. The third-order valence-corrected chi connectivity index (χ3v) is 3.68. The molecule has 0 spiro atoms. The molecular weight excluding hydrogens is 284 g/mol. The first-order chi connectivity index (χ1) is 10.3. The number of thioether (sulfide) groups is 1. The van der Waals surface area contributed by atoms with Crippen LogP contribution in [0, 0.1) is 11.8 Å². The van der Waals surface area contributed by atoms with Crippen LogP contribution in [0.1, 0.15) is 17.5 Å². The van der Waals surface area contributed by atoms with Crippen LogP contribution in [0.4, 0.5) is 0 Å². The number of nitrogens with zero attached hydrogens (tertiary/aromatic N) is 2. The van der Waals surface area contributed by atoms with E-state index >= 15 is 0 Å². The van der Waals surface area contributed by atoms with Gasteiger partial charge >= 0.3 is 0 Å². The van der Waals surface area contributed by atoms with Crippen molar-refractivity contribution in [3.63, 3.8) is 0 Å². The first kappa shape index (κ1) is 15.4. The second-order valence-corrected chi connectivity index (χ2v) is 5.14. The standard InChI is InChI=1S/C16H16N2O2S/c1-20-15-6-5-13(10-14(15)4-2-3-9-19)11-21-16-7-8-17-12-18-16/h5-8,10,12,19H,3,9,11H2,1H3. The van der Waals surface area contributed by atoms with Gasteiger partial charge in [0.25, 0.3) is 0 Å². The molecule has 1 aromatic carbocycles. The summed E-state index contributed by atoms with van der Waals surface area (Å²) in [6.45, 7) is 0.0680. The van der Waals surface area contributed by atoms with Gasteiger partial charge in [-0.25, -0.2) is 9.97 Å². The quantitative estimate of drug-likeness (QED) is 0.522. The zero-order chi connectivity index (χ0) is 14.9. The van der Waals surface area contributed by atoms with Crippen LogP contribution in [0.2, 0.25) is 0 Å². The van der Waals surface area contributed by atoms with Crippen LogP contribution >= 0.6 is 11.8 Å². The van der Waals surface area contributed by atoms with E-state index in [-0.39, 0.29) is 6.61 Å². The highest BCUT2D eigenvalue weighted by atomic mass is 32.2. The van der Waals surface area contributed by atoms with Crippen LogP contribution in [0.5, 0.6) is 5.75 Å². The Hall–Kier alpha value is -2.03. The summed E-state index contributed by atoms with van der Waals surface area (Å²) in [7, 11) is 1.63. The maximum atomic E-state index is 8.79. The molecule has 2 rings (SSSR count). The number of methoxy groups -OCH3 is 1. The largest absolute Gasteiger partial charge is 0.495 e. The molecule has 21 heavy (non-hydrogen) atoms. The lowest BCUT2D eigenvalue weighted by Crippen LogP contribution is -1.91. The van der Waals surface area contributed by atoms with Gasteiger partial charge < -0.3 is 9.84 Å². The fourth-order valence-corrected chi connectivity index (χ4v) is 2.45. The SMILES string of the molecule is COc1ccc(CSc2ccncn2)cc1C#CCCO. The first-order valence-corrected chi connectivity index (χ1v) is 7.47. The van der Waals surface area contributed by atoms with Crippen molar-refractivity contribution in [2.45, 2.75) is 17.2 Å². The molecule has 0 unspecified atom stereocenters. The Bertz CT molecular complexity index is 636. The average Bonchev–Trinajstić information content (AvgIpc) is 2.54. The lowest BCUT2D eigenvalue weighted by molar-refractivity contribution is 0.305. The van der Waals surface area contributed by atoms with Crippen LogP contribution in [0.3, 0.4) is 0 Å². The van der Waals surface area contributed by atoms with E-state index in [1.807, 2.05) is 24.3 Å². The molecule has 0 bridgehead atoms. The van der Waals surface area contributed by atoms with E-state index in [0.29, 0.717) is 6.42 Å². The van der Waals surface area contributed by atoms with Crippen molar-refractivity contribution in [3.05, 3.63) is 47.9 Å². The molecule has 0 aliphatic heterocycles. The Morgan fingerprint density at radius 3 is 2.95 bits per heavy atom. The number of benzene rings is 1. The van der Waals surface area contributed by atoms with Crippen LogP contribution < -0.4 is 4.74 Å². The summed E-state index contributed by atoms with van der Waals surface area (Å²) in [5.74, 6) is 7.50. The summed E-state index contributed by atoms with van der Waals surface area (Å²) < 4.78 is 5.30. The van der Waals surface area contributed by atoms with E-state index in [9.17, 15) is 0 Å². The van der Waals surface area contributed by atoms with Gasteiger partial charge in [0.1, 0.15) is 12.1 Å². The van der Waals surface area contributed by atoms with Gasteiger partial charge in [0.15, 0.2) is 0 Å². The molecule has 2 aromatic rings. The fraction of sp³-hybridized carbons (Fsp3) is 0.250. The van der Waals surface area contributed by atoms with Gasteiger partial charge in [-0.3, -0.25) is 0 Å². The van der Waals surface area contributed by atoms with Gasteiger partial charge in [-0.2, -0.15) is 0 Å². The Morgan fingerprint density at radius 1 is 1.33 bits per heavy atom. The van der Waals surface area contributed by atoms with Crippen LogP contribution in [-0.2, 0) is 5.75 Å². The molecule has 1 aromatic heterocycles. The molecule has 1 N–H and O–H groups in total. The molecule has 0 atom stereocenters. The van der Waals surface area contributed by atoms with Crippen molar-refractivity contribution in [1.82, 2.24) is 9.97 Å². The molecule has 108 valence electrons. The molecule has 1 heterocycles. The first-order valence-electron chi connectivity index (χ1n) is 6.49. The van der Waals surface area contributed by atoms with E-state index in [1.54, 1.807) is 31.4 Å². The highest BCUT2D eigenvalue weighted by Gasteiger charge is 2.03. The van der Waals surface area contributed by atoms with Crippen molar-refractivity contribution < 1.29 is 9.84 Å². The van der Waals surface area contributed by atoms with Crippen molar-refractivity contribution >= 4 is 11.8 Å². The number of aliphatic hydroxyl groups is 1. The lowest BCUT2D eigenvalue weighted by atomic mass is 10.1. The molecule has 0 saturated carbocycles. The maximum absolute atomic E-state index is 8.79. The number of ether oxygens (including phenoxy) is 1. The predicted molar refractivity (Wildman–Crippen MR) is 83.2 cm³/mol. The Kier molecular flexibility index (Phi) is 6.07. The number of hydrogen-bond donors (Lipinski definition) is 1. The van der Waals surface area contributed by atoms with Crippen molar-refractivity contribution in [3.8, 4) is 17.6 Å². The summed E-state index contributed by atoms with van der Waals surface area (Å²) in [4.78, 5) is 8.08. The summed E-state index contributed by atoms with van der Waals surface area (Å²) >= 11 is 1.64. The highest BCUT2D eigenvalue weighted by Crippen LogP contribution is 2.24.